The van der Waals surface area contributed by atoms with Crippen LogP contribution in [0, 0.1) is 10.7 Å². The first kappa shape index (κ1) is 19.8. The number of benzene rings is 1. The highest BCUT2D eigenvalue weighted by molar-refractivity contribution is 7.71. The molecule has 1 heterocycles. The van der Waals surface area contributed by atoms with Gasteiger partial charge in [-0.2, -0.15) is 5.10 Å². The van der Waals surface area contributed by atoms with Crippen LogP contribution in [0.15, 0.2) is 30.3 Å². The highest BCUT2D eigenvalue weighted by atomic mass is 32.1. The molecule has 0 radical (unpaired) electrons. The molecule has 26 heavy (non-hydrogen) atoms. The van der Waals surface area contributed by atoms with E-state index in [4.69, 9.17) is 12.2 Å². The van der Waals surface area contributed by atoms with Crippen LogP contribution in [-0.4, -0.2) is 39.2 Å². The van der Waals surface area contributed by atoms with Gasteiger partial charge in [0.2, 0.25) is 11.8 Å². The number of H-pyrrole nitrogens is 1. The fourth-order valence-electron chi connectivity index (χ4n) is 2.55. The number of rotatable bonds is 8. The van der Waals surface area contributed by atoms with Crippen molar-refractivity contribution in [1.29, 1.82) is 0 Å². The topological polar surface area (TPSA) is 91.8 Å². The minimum atomic E-state index is -0.575. The molecule has 1 aromatic heterocycles. The van der Waals surface area contributed by atoms with Gasteiger partial charge in [-0.3, -0.25) is 14.7 Å². The number of hydrogen-bond acceptors (Lipinski definition) is 4. The van der Waals surface area contributed by atoms with Crippen molar-refractivity contribution in [2.45, 2.75) is 32.7 Å². The molecule has 2 amide bonds. The Labute approximate surface area is 158 Å². The Morgan fingerprint density at radius 2 is 1.96 bits per heavy atom. The molecular weight excluding hydrogens is 350 g/mol. The summed E-state index contributed by atoms with van der Waals surface area (Å²) in [7, 11) is 1.82. The largest absolute Gasteiger partial charge is 0.354 e. The maximum atomic E-state index is 12.5. The van der Waals surface area contributed by atoms with Gasteiger partial charge in [-0.1, -0.05) is 44.2 Å². The van der Waals surface area contributed by atoms with E-state index in [2.05, 4.69) is 20.8 Å². The van der Waals surface area contributed by atoms with Crippen molar-refractivity contribution in [2.75, 3.05) is 6.54 Å². The molecule has 0 aliphatic heterocycles. The Morgan fingerprint density at radius 3 is 2.54 bits per heavy atom. The third kappa shape index (κ3) is 5.52. The van der Waals surface area contributed by atoms with Crippen molar-refractivity contribution >= 4 is 24.0 Å². The van der Waals surface area contributed by atoms with E-state index < -0.39 is 6.04 Å². The van der Waals surface area contributed by atoms with Crippen LogP contribution in [0.2, 0.25) is 0 Å². The average Bonchev–Trinajstić information content (AvgIpc) is 2.92. The molecule has 0 saturated heterocycles. The Balaban J connectivity index is 1.87. The molecule has 0 fully saturated rings. The molecule has 0 spiro atoms. The highest BCUT2D eigenvalue weighted by Crippen LogP contribution is 2.05. The van der Waals surface area contributed by atoms with Gasteiger partial charge in [0.05, 0.1) is 6.42 Å². The SMILES string of the molecule is CC(C)C(NC(=O)Cc1ccccc1)C(=O)NCCc1n[nH]c(=S)n1C. The first-order valence-electron chi connectivity index (χ1n) is 8.59. The number of aromatic amines is 1. The summed E-state index contributed by atoms with van der Waals surface area (Å²) in [4.78, 5) is 24.7. The number of aromatic nitrogens is 3. The summed E-state index contributed by atoms with van der Waals surface area (Å²) in [6.45, 7) is 4.23. The van der Waals surface area contributed by atoms with Crippen LogP contribution in [0.1, 0.15) is 25.2 Å². The molecule has 140 valence electrons. The van der Waals surface area contributed by atoms with Crippen molar-refractivity contribution < 1.29 is 9.59 Å². The van der Waals surface area contributed by atoms with E-state index in [-0.39, 0.29) is 24.2 Å². The van der Waals surface area contributed by atoms with E-state index in [0.717, 1.165) is 11.4 Å². The maximum absolute atomic E-state index is 12.5. The third-order valence-electron chi connectivity index (χ3n) is 4.09. The first-order valence-corrected chi connectivity index (χ1v) is 9.00. The van der Waals surface area contributed by atoms with Gasteiger partial charge in [-0.25, -0.2) is 0 Å². The number of nitrogens with one attached hydrogen (secondary N) is 3. The number of nitrogens with zero attached hydrogens (tertiary/aromatic N) is 2. The predicted octanol–water partition coefficient (Wildman–Crippen LogP) is 1.52. The summed E-state index contributed by atoms with van der Waals surface area (Å²) in [5.41, 5.74) is 0.915. The van der Waals surface area contributed by atoms with Crippen molar-refractivity contribution in [3.63, 3.8) is 0 Å². The molecule has 1 aromatic carbocycles. The zero-order valence-electron chi connectivity index (χ0n) is 15.3. The second-order valence-electron chi connectivity index (χ2n) is 6.50. The maximum Gasteiger partial charge on any atom is 0.242 e. The molecule has 0 saturated carbocycles. The van der Waals surface area contributed by atoms with Crippen LogP contribution in [0.4, 0.5) is 0 Å². The molecule has 2 rings (SSSR count). The molecular formula is C18H25N5O2S. The van der Waals surface area contributed by atoms with Gasteiger partial charge in [0.15, 0.2) is 4.77 Å². The average molecular weight is 375 g/mol. The molecule has 2 aromatic rings. The molecule has 1 unspecified atom stereocenters. The fourth-order valence-corrected chi connectivity index (χ4v) is 2.70. The van der Waals surface area contributed by atoms with Gasteiger partial charge >= 0.3 is 0 Å². The summed E-state index contributed by atoms with van der Waals surface area (Å²) in [5.74, 6) is 0.387. The fraction of sp³-hybridized carbons (Fsp3) is 0.444. The highest BCUT2D eigenvalue weighted by Gasteiger charge is 2.23. The van der Waals surface area contributed by atoms with E-state index in [9.17, 15) is 9.59 Å². The van der Waals surface area contributed by atoms with E-state index in [0.29, 0.717) is 17.7 Å². The molecule has 0 aliphatic rings. The zero-order valence-corrected chi connectivity index (χ0v) is 16.1. The standard InChI is InChI=1S/C18H25N5O2S/c1-12(2)16(20-15(24)11-13-7-5-4-6-8-13)17(25)19-10-9-14-21-22-18(26)23(14)3/h4-8,12,16H,9-11H2,1-3H3,(H,19,25)(H,20,24)(H,22,26). The second kappa shape index (κ2) is 9.28. The minimum absolute atomic E-state index is 0.0181. The number of carbonyl (C=O) groups excluding carboxylic acids is 2. The Hall–Kier alpha value is -2.48. The van der Waals surface area contributed by atoms with Crippen molar-refractivity contribution in [2.24, 2.45) is 13.0 Å². The molecule has 8 heteroatoms. The first-order chi connectivity index (χ1) is 12.4. The van der Waals surface area contributed by atoms with Gasteiger partial charge in [-0.05, 0) is 23.7 Å². The lowest BCUT2D eigenvalue weighted by molar-refractivity contribution is -0.129. The number of hydrogen-bond donors (Lipinski definition) is 3. The Kier molecular flexibility index (Phi) is 7.08. The smallest absolute Gasteiger partial charge is 0.242 e. The molecule has 3 N–H and O–H groups in total. The van der Waals surface area contributed by atoms with E-state index in [1.165, 1.54) is 0 Å². The molecule has 0 aliphatic carbocycles. The van der Waals surface area contributed by atoms with Crippen molar-refractivity contribution in [3.8, 4) is 0 Å². The summed E-state index contributed by atoms with van der Waals surface area (Å²) < 4.78 is 2.31. The second-order valence-corrected chi connectivity index (χ2v) is 6.88. The summed E-state index contributed by atoms with van der Waals surface area (Å²) in [6.07, 6.45) is 0.806. The van der Waals surface area contributed by atoms with Crippen LogP contribution in [0.5, 0.6) is 0 Å². The lowest BCUT2D eigenvalue weighted by Crippen LogP contribution is -2.50. The van der Waals surface area contributed by atoms with Crippen LogP contribution < -0.4 is 10.6 Å². The minimum Gasteiger partial charge on any atom is -0.354 e. The Bertz CT molecular complexity index is 797. The molecule has 1 atom stereocenters. The van der Waals surface area contributed by atoms with Gasteiger partial charge in [0.25, 0.3) is 0 Å². The quantitative estimate of drug-likeness (QED) is 0.610. The molecule has 7 nitrogen and oxygen atoms in total. The lowest BCUT2D eigenvalue weighted by Gasteiger charge is -2.21. The van der Waals surface area contributed by atoms with Crippen molar-refractivity contribution in [3.05, 3.63) is 46.5 Å². The van der Waals surface area contributed by atoms with Gasteiger partial charge < -0.3 is 15.2 Å². The van der Waals surface area contributed by atoms with E-state index >= 15 is 0 Å². The zero-order chi connectivity index (χ0) is 19.1. The Morgan fingerprint density at radius 1 is 1.27 bits per heavy atom. The van der Waals surface area contributed by atoms with Crippen LogP contribution in [0.3, 0.4) is 0 Å². The third-order valence-corrected chi connectivity index (χ3v) is 4.46. The monoisotopic (exact) mass is 375 g/mol. The number of carbonyl (C=O) groups is 2. The van der Waals surface area contributed by atoms with Crippen molar-refractivity contribution in [1.82, 2.24) is 25.4 Å². The molecule has 0 bridgehead atoms. The van der Waals surface area contributed by atoms with E-state index in [1.54, 1.807) is 4.57 Å². The van der Waals surface area contributed by atoms with Crippen LogP contribution >= 0.6 is 12.2 Å². The van der Waals surface area contributed by atoms with Gasteiger partial charge in [-0.15, -0.1) is 0 Å². The van der Waals surface area contributed by atoms with Crippen LogP contribution in [-0.2, 0) is 29.5 Å². The van der Waals surface area contributed by atoms with Gasteiger partial charge in [0.1, 0.15) is 11.9 Å². The summed E-state index contributed by atoms with van der Waals surface area (Å²) in [6, 6.07) is 8.88. The summed E-state index contributed by atoms with van der Waals surface area (Å²) in [5, 5.41) is 12.5. The number of amides is 2. The predicted molar refractivity (Wildman–Crippen MR) is 102 cm³/mol. The normalized spacial score (nSPS) is 12.0. The lowest BCUT2D eigenvalue weighted by atomic mass is 10.0. The summed E-state index contributed by atoms with van der Waals surface area (Å²) >= 11 is 5.06. The van der Waals surface area contributed by atoms with E-state index in [1.807, 2.05) is 51.2 Å². The van der Waals surface area contributed by atoms with Gasteiger partial charge in [0, 0.05) is 20.0 Å². The van der Waals surface area contributed by atoms with Crippen LogP contribution in [0.25, 0.3) is 0 Å².